The smallest absolute Gasteiger partial charge is 0.418 e. The molecule has 0 radical (unpaired) electrons. The molecule has 1 heterocycles. The summed E-state index contributed by atoms with van der Waals surface area (Å²) in [5.74, 6) is -2.66. The monoisotopic (exact) mass is 420 g/mol. The molecular formula is C21H19F3N2O4. The van der Waals surface area contributed by atoms with Gasteiger partial charge in [0.05, 0.1) is 17.2 Å². The maximum atomic E-state index is 13.0. The SMILES string of the molecule is Cc1ccc(N2C[C@@H](C(=O)OCC(=O)Nc3ccccc3C(F)(F)F)CC2=O)cc1. The van der Waals surface area contributed by atoms with E-state index in [1.54, 1.807) is 12.1 Å². The van der Waals surface area contributed by atoms with Gasteiger partial charge in [0.15, 0.2) is 6.61 Å². The number of esters is 1. The van der Waals surface area contributed by atoms with Crippen LogP contribution in [-0.2, 0) is 25.3 Å². The van der Waals surface area contributed by atoms with Gasteiger partial charge in [0.1, 0.15) is 0 Å². The van der Waals surface area contributed by atoms with Crippen molar-refractivity contribution in [2.75, 3.05) is 23.4 Å². The molecule has 30 heavy (non-hydrogen) atoms. The minimum atomic E-state index is -4.63. The van der Waals surface area contributed by atoms with E-state index in [9.17, 15) is 27.6 Å². The number of nitrogens with zero attached hydrogens (tertiary/aromatic N) is 1. The Labute approximate surface area is 170 Å². The number of rotatable bonds is 5. The first-order valence-electron chi connectivity index (χ1n) is 9.15. The molecule has 1 saturated heterocycles. The summed E-state index contributed by atoms with van der Waals surface area (Å²) in [6.07, 6.45) is -4.70. The predicted molar refractivity (Wildman–Crippen MR) is 103 cm³/mol. The Balaban J connectivity index is 1.55. The number of ether oxygens (including phenoxy) is 1. The summed E-state index contributed by atoms with van der Waals surface area (Å²) in [5.41, 5.74) is 0.259. The third-order valence-electron chi connectivity index (χ3n) is 4.66. The number of alkyl halides is 3. The van der Waals surface area contributed by atoms with Crippen LogP contribution in [0.25, 0.3) is 0 Å². The molecule has 0 saturated carbocycles. The molecule has 1 aliphatic heterocycles. The Kier molecular flexibility index (Phi) is 6.09. The fourth-order valence-electron chi connectivity index (χ4n) is 3.12. The average molecular weight is 420 g/mol. The minimum Gasteiger partial charge on any atom is -0.455 e. The molecule has 158 valence electrons. The van der Waals surface area contributed by atoms with Gasteiger partial charge in [-0.3, -0.25) is 14.4 Å². The van der Waals surface area contributed by atoms with Crippen LogP contribution in [0.15, 0.2) is 48.5 Å². The van der Waals surface area contributed by atoms with E-state index >= 15 is 0 Å². The number of hydrogen-bond donors (Lipinski definition) is 1. The third-order valence-corrected chi connectivity index (χ3v) is 4.66. The van der Waals surface area contributed by atoms with Crippen LogP contribution in [0.4, 0.5) is 24.5 Å². The van der Waals surface area contributed by atoms with E-state index in [1.165, 1.54) is 17.0 Å². The zero-order valence-electron chi connectivity index (χ0n) is 16.0. The Morgan fingerprint density at radius 2 is 1.80 bits per heavy atom. The number of nitrogens with one attached hydrogen (secondary N) is 1. The average Bonchev–Trinajstić information content (AvgIpc) is 3.08. The van der Waals surface area contributed by atoms with Crippen molar-refractivity contribution < 1.29 is 32.3 Å². The van der Waals surface area contributed by atoms with Gasteiger partial charge in [0.25, 0.3) is 5.91 Å². The maximum Gasteiger partial charge on any atom is 0.418 e. The standard InChI is InChI=1S/C21H19F3N2O4/c1-13-6-8-15(9-7-13)26-11-14(10-19(26)28)20(29)30-12-18(27)25-17-5-3-2-4-16(17)21(22,23)24/h2-9,14H,10-12H2,1H3,(H,25,27)/t14-/m0/s1. The number of hydrogen-bond acceptors (Lipinski definition) is 4. The molecule has 1 atom stereocenters. The highest BCUT2D eigenvalue weighted by atomic mass is 19.4. The number of aryl methyl sites for hydroxylation is 1. The Hall–Kier alpha value is -3.36. The van der Waals surface area contributed by atoms with Crippen molar-refractivity contribution in [1.29, 1.82) is 0 Å². The first-order valence-corrected chi connectivity index (χ1v) is 9.15. The number of benzene rings is 2. The first-order chi connectivity index (χ1) is 14.1. The van der Waals surface area contributed by atoms with Crippen LogP contribution < -0.4 is 10.2 Å². The van der Waals surface area contributed by atoms with Gasteiger partial charge >= 0.3 is 12.1 Å². The minimum absolute atomic E-state index is 0.0643. The molecule has 0 aliphatic carbocycles. The summed E-state index contributed by atoms with van der Waals surface area (Å²) in [6, 6.07) is 11.7. The highest BCUT2D eigenvalue weighted by Gasteiger charge is 2.37. The summed E-state index contributed by atoms with van der Waals surface area (Å²) < 4.78 is 43.9. The van der Waals surface area contributed by atoms with Crippen LogP contribution >= 0.6 is 0 Å². The third kappa shape index (κ3) is 4.97. The lowest BCUT2D eigenvalue weighted by Gasteiger charge is -2.17. The van der Waals surface area contributed by atoms with Gasteiger partial charge in [-0.2, -0.15) is 13.2 Å². The summed E-state index contributed by atoms with van der Waals surface area (Å²) in [7, 11) is 0. The topological polar surface area (TPSA) is 75.7 Å². The van der Waals surface area contributed by atoms with E-state index in [1.807, 2.05) is 19.1 Å². The second kappa shape index (κ2) is 8.56. The molecule has 2 amide bonds. The van der Waals surface area contributed by atoms with Crippen molar-refractivity contribution in [3.63, 3.8) is 0 Å². The summed E-state index contributed by atoms with van der Waals surface area (Å²) >= 11 is 0. The highest BCUT2D eigenvalue weighted by molar-refractivity contribution is 6.00. The molecule has 3 rings (SSSR count). The van der Waals surface area contributed by atoms with Gasteiger partial charge in [-0.05, 0) is 31.2 Å². The van der Waals surface area contributed by atoms with Gasteiger partial charge in [-0.15, -0.1) is 0 Å². The van der Waals surface area contributed by atoms with Crippen LogP contribution in [0, 0.1) is 12.8 Å². The van der Waals surface area contributed by atoms with E-state index < -0.39 is 41.8 Å². The number of halogens is 3. The van der Waals surface area contributed by atoms with Gasteiger partial charge in [0.2, 0.25) is 5.91 Å². The lowest BCUT2D eigenvalue weighted by Crippen LogP contribution is -2.28. The molecule has 9 heteroatoms. The first kappa shape index (κ1) is 21.4. The van der Waals surface area contributed by atoms with Crippen molar-refractivity contribution >= 4 is 29.2 Å². The van der Waals surface area contributed by atoms with Crippen molar-refractivity contribution in [3.05, 3.63) is 59.7 Å². The van der Waals surface area contributed by atoms with E-state index in [-0.39, 0.29) is 18.9 Å². The lowest BCUT2D eigenvalue weighted by molar-refractivity contribution is -0.151. The van der Waals surface area contributed by atoms with Gasteiger partial charge in [0, 0.05) is 18.7 Å². The molecule has 0 aromatic heterocycles. The van der Waals surface area contributed by atoms with Crippen molar-refractivity contribution in [2.45, 2.75) is 19.5 Å². The van der Waals surface area contributed by atoms with Crippen LogP contribution in [0.2, 0.25) is 0 Å². The Morgan fingerprint density at radius 1 is 1.13 bits per heavy atom. The van der Waals surface area contributed by atoms with E-state index in [0.717, 1.165) is 17.7 Å². The van der Waals surface area contributed by atoms with Crippen molar-refractivity contribution in [3.8, 4) is 0 Å². The molecule has 1 fully saturated rings. The fraction of sp³-hybridized carbons (Fsp3) is 0.286. The molecule has 0 bridgehead atoms. The zero-order chi connectivity index (χ0) is 21.9. The van der Waals surface area contributed by atoms with E-state index in [2.05, 4.69) is 5.32 Å². The van der Waals surface area contributed by atoms with Gasteiger partial charge < -0.3 is 15.0 Å². The summed E-state index contributed by atoms with van der Waals surface area (Å²) in [6.45, 7) is 1.27. The van der Waals surface area contributed by atoms with Crippen LogP contribution in [-0.4, -0.2) is 30.9 Å². The normalized spacial score (nSPS) is 16.5. The van der Waals surface area contributed by atoms with E-state index in [0.29, 0.717) is 5.69 Å². The molecule has 2 aromatic carbocycles. The Bertz CT molecular complexity index is 957. The number of para-hydroxylation sites is 1. The number of carbonyl (C=O) groups excluding carboxylic acids is 3. The highest BCUT2D eigenvalue weighted by Crippen LogP contribution is 2.34. The number of anilines is 2. The quantitative estimate of drug-likeness (QED) is 0.751. The fourth-order valence-corrected chi connectivity index (χ4v) is 3.12. The zero-order valence-corrected chi connectivity index (χ0v) is 16.0. The van der Waals surface area contributed by atoms with Crippen LogP contribution in [0.1, 0.15) is 17.5 Å². The van der Waals surface area contributed by atoms with E-state index in [4.69, 9.17) is 4.74 Å². The van der Waals surface area contributed by atoms with Gasteiger partial charge in [-0.1, -0.05) is 29.8 Å². The summed E-state index contributed by atoms with van der Waals surface area (Å²) in [5, 5.41) is 2.10. The number of amides is 2. The summed E-state index contributed by atoms with van der Waals surface area (Å²) in [4.78, 5) is 37.9. The Morgan fingerprint density at radius 3 is 2.47 bits per heavy atom. The number of carbonyl (C=O) groups is 3. The molecule has 1 aliphatic rings. The maximum absolute atomic E-state index is 13.0. The molecule has 2 aromatic rings. The van der Waals surface area contributed by atoms with Crippen LogP contribution in [0.5, 0.6) is 0 Å². The molecule has 1 N–H and O–H groups in total. The second-order valence-electron chi connectivity index (χ2n) is 6.94. The predicted octanol–water partition coefficient (Wildman–Crippen LogP) is 3.55. The molecule has 0 unspecified atom stereocenters. The van der Waals surface area contributed by atoms with Crippen molar-refractivity contribution in [2.24, 2.45) is 5.92 Å². The molecular weight excluding hydrogens is 401 g/mol. The van der Waals surface area contributed by atoms with Crippen molar-refractivity contribution in [1.82, 2.24) is 0 Å². The molecule has 6 nitrogen and oxygen atoms in total. The largest absolute Gasteiger partial charge is 0.455 e. The lowest BCUT2D eigenvalue weighted by atomic mass is 10.1. The second-order valence-corrected chi connectivity index (χ2v) is 6.94. The van der Waals surface area contributed by atoms with Gasteiger partial charge in [-0.25, -0.2) is 0 Å². The van der Waals surface area contributed by atoms with Crippen LogP contribution in [0.3, 0.4) is 0 Å². The molecule has 0 spiro atoms.